The van der Waals surface area contributed by atoms with Gasteiger partial charge in [-0.3, -0.25) is 0 Å². The normalized spacial score (nSPS) is 11.0. The Morgan fingerprint density at radius 2 is 1.44 bits per heavy atom. The van der Waals surface area contributed by atoms with Crippen LogP contribution < -0.4 is 0 Å². The van der Waals surface area contributed by atoms with E-state index in [2.05, 4.69) is 98.6 Å². The van der Waals surface area contributed by atoms with Gasteiger partial charge in [-0.1, -0.05) is 64.1 Å². The van der Waals surface area contributed by atoms with Crippen molar-refractivity contribution in [3.05, 3.63) is 87.8 Å². The van der Waals surface area contributed by atoms with E-state index < -0.39 is 0 Å². The molecular weight excluding hydrogens is 458 g/mol. The molecule has 0 unspecified atom stereocenters. The summed E-state index contributed by atoms with van der Waals surface area (Å²) in [5.74, 6) is 0. The molecule has 4 heteroatoms. The quantitative estimate of drug-likeness (QED) is 0.306. The average Bonchev–Trinajstić information content (AvgIpc) is 2.63. The van der Waals surface area contributed by atoms with Gasteiger partial charge in [0.2, 0.25) is 0 Å². The van der Waals surface area contributed by atoms with E-state index >= 15 is 0 Å². The lowest BCUT2D eigenvalue weighted by atomic mass is 10.1. The SMILES string of the molecule is Brc1cc(Br)c2nc(-c3ccc(Sc4ccccc4)cc3)ccc2c1. The number of hydrogen-bond donors (Lipinski definition) is 0. The standard InChI is InChI=1S/C21H13Br2NS/c22-16-12-15-8-11-20(24-21(15)19(23)13-16)14-6-9-18(10-7-14)25-17-4-2-1-3-5-17/h1-13H. The summed E-state index contributed by atoms with van der Waals surface area (Å²) < 4.78 is 2.04. The van der Waals surface area contributed by atoms with Crippen molar-refractivity contribution in [2.75, 3.05) is 0 Å². The van der Waals surface area contributed by atoms with Gasteiger partial charge in [0.1, 0.15) is 0 Å². The van der Waals surface area contributed by atoms with Gasteiger partial charge in [0.25, 0.3) is 0 Å². The molecule has 1 heterocycles. The summed E-state index contributed by atoms with van der Waals surface area (Å²) in [6, 6.07) is 27.3. The lowest BCUT2D eigenvalue weighted by Crippen LogP contribution is -1.87. The van der Waals surface area contributed by atoms with E-state index in [4.69, 9.17) is 4.98 Å². The first-order chi connectivity index (χ1) is 12.2. The zero-order chi connectivity index (χ0) is 17.2. The Balaban J connectivity index is 1.65. The highest BCUT2D eigenvalue weighted by molar-refractivity contribution is 9.11. The van der Waals surface area contributed by atoms with Crippen LogP contribution in [0.3, 0.4) is 0 Å². The monoisotopic (exact) mass is 469 g/mol. The minimum atomic E-state index is 0.975. The summed E-state index contributed by atoms with van der Waals surface area (Å²) in [6.07, 6.45) is 0. The third kappa shape index (κ3) is 3.81. The van der Waals surface area contributed by atoms with Crippen LogP contribution in [0.5, 0.6) is 0 Å². The van der Waals surface area contributed by atoms with E-state index in [0.717, 1.165) is 31.1 Å². The Kier molecular flexibility index (Phi) is 4.93. The van der Waals surface area contributed by atoms with Crippen LogP contribution in [-0.4, -0.2) is 4.98 Å². The predicted molar refractivity (Wildman–Crippen MR) is 113 cm³/mol. The number of rotatable bonds is 3. The zero-order valence-electron chi connectivity index (χ0n) is 13.1. The molecular formula is C21H13Br2NS. The molecule has 0 atom stereocenters. The van der Waals surface area contributed by atoms with Gasteiger partial charge in [0, 0.05) is 29.7 Å². The Morgan fingerprint density at radius 1 is 0.720 bits per heavy atom. The second-order valence-corrected chi connectivity index (χ2v) is 8.51. The molecule has 0 aliphatic heterocycles. The van der Waals surface area contributed by atoms with Crippen molar-refractivity contribution in [3.8, 4) is 11.3 Å². The number of benzene rings is 3. The number of halogens is 2. The minimum Gasteiger partial charge on any atom is -0.247 e. The molecule has 0 aliphatic carbocycles. The average molecular weight is 471 g/mol. The molecule has 0 radical (unpaired) electrons. The highest BCUT2D eigenvalue weighted by Crippen LogP contribution is 2.31. The van der Waals surface area contributed by atoms with E-state index in [1.54, 1.807) is 11.8 Å². The summed E-state index contributed by atoms with van der Waals surface area (Å²) in [4.78, 5) is 7.29. The molecule has 122 valence electrons. The van der Waals surface area contributed by atoms with Crippen molar-refractivity contribution in [3.63, 3.8) is 0 Å². The molecule has 4 aromatic rings. The van der Waals surface area contributed by atoms with Crippen LogP contribution in [0.1, 0.15) is 0 Å². The number of nitrogens with zero attached hydrogens (tertiary/aromatic N) is 1. The Hall–Kier alpha value is -1.62. The van der Waals surface area contributed by atoms with Crippen molar-refractivity contribution in [2.45, 2.75) is 9.79 Å². The first-order valence-electron chi connectivity index (χ1n) is 7.78. The van der Waals surface area contributed by atoms with Gasteiger partial charge in [-0.15, -0.1) is 0 Å². The maximum atomic E-state index is 4.83. The first kappa shape index (κ1) is 16.8. The summed E-state index contributed by atoms with van der Waals surface area (Å²) in [5, 5.41) is 1.11. The molecule has 0 fully saturated rings. The third-order valence-electron chi connectivity index (χ3n) is 3.84. The van der Waals surface area contributed by atoms with Crippen molar-refractivity contribution in [1.82, 2.24) is 4.98 Å². The van der Waals surface area contributed by atoms with Crippen molar-refractivity contribution >= 4 is 54.5 Å². The number of fused-ring (bicyclic) bond motifs is 1. The number of hydrogen-bond acceptors (Lipinski definition) is 2. The topological polar surface area (TPSA) is 12.9 Å². The van der Waals surface area contributed by atoms with Crippen molar-refractivity contribution in [1.29, 1.82) is 0 Å². The second-order valence-electron chi connectivity index (χ2n) is 5.60. The minimum absolute atomic E-state index is 0.975. The van der Waals surface area contributed by atoms with Gasteiger partial charge in [0.05, 0.1) is 11.2 Å². The summed E-state index contributed by atoms with van der Waals surface area (Å²) >= 11 is 8.89. The van der Waals surface area contributed by atoms with Crippen LogP contribution in [0.2, 0.25) is 0 Å². The fraction of sp³-hybridized carbons (Fsp3) is 0. The predicted octanol–water partition coefficient (Wildman–Crippen LogP) is 7.58. The van der Waals surface area contributed by atoms with E-state index in [1.165, 1.54) is 9.79 Å². The molecule has 4 rings (SSSR count). The van der Waals surface area contributed by atoms with E-state index in [1.807, 2.05) is 12.1 Å². The van der Waals surface area contributed by atoms with Crippen LogP contribution in [0.15, 0.2) is 97.6 Å². The molecule has 3 aromatic carbocycles. The molecule has 25 heavy (non-hydrogen) atoms. The van der Waals surface area contributed by atoms with Crippen molar-refractivity contribution in [2.24, 2.45) is 0 Å². The van der Waals surface area contributed by atoms with Gasteiger partial charge >= 0.3 is 0 Å². The molecule has 0 saturated heterocycles. The zero-order valence-corrected chi connectivity index (χ0v) is 17.1. The van der Waals surface area contributed by atoms with E-state index in [0.29, 0.717) is 0 Å². The van der Waals surface area contributed by atoms with Crippen LogP contribution in [0, 0.1) is 0 Å². The summed E-state index contributed by atoms with van der Waals surface area (Å²) in [5.41, 5.74) is 3.07. The molecule has 1 nitrogen and oxygen atoms in total. The first-order valence-corrected chi connectivity index (χ1v) is 10.2. The Bertz CT molecular complexity index is 1030. The Labute approximate surface area is 167 Å². The van der Waals surface area contributed by atoms with Gasteiger partial charge in [-0.05, 0) is 58.4 Å². The van der Waals surface area contributed by atoms with Crippen molar-refractivity contribution < 1.29 is 0 Å². The molecule has 0 aliphatic rings. The molecule has 0 saturated carbocycles. The smallest absolute Gasteiger partial charge is 0.0852 e. The lowest BCUT2D eigenvalue weighted by Gasteiger charge is -2.07. The fourth-order valence-electron chi connectivity index (χ4n) is 2.64. The van der Waals surface area contributed by atoms with E-state index in [-0.39, 0.29) is 0 Å². The van der Waals surface area contributed by atoms with Crippen LogP contribution in [-0.2, 0) is 0 Å². The van der Waals surface area contributed by atoms with Crippen LogP contribution in [0.4, 0.5) is 0 Å². The van der Waals surface area contributed by atoms with Gasteiger partial charge < -0.3 is 0 Å². The summed E-state index contributed by atoms with van der Waals surface area (Å²) in [7, 11) is 0. The molecule has 0 bridgehead atoms. The largest absolute Gasteiger partial charge is 0.247 e. The summed E-state index contributed by atoms with van der Waals surface area (Å²) in [6.45, 7) is 0. The highest BCUT2D eigenvalue weighted by atomic mass is 79.9. The molecule has 0 N–H and O–H groups in total. The fourth-order valence-corrected chi connectivity index (χ4v) is 4.82. The Morgan fingerprint density at radius 3 is 2.20 bits per heavy atom. The highest BCUT2D eigenvalue weighted by Gasteiger charge is 2.06. The third-order valence-corrected chi connectivity index (χ3v) is 5.92. The van der Waals surface area contributed by atoms with Gasteiger partial charge in [0.15, 0.2) is 0 Å². The molecule has 1 aromatic heterocycles. The lowest BCUT2D eigenvalue weighted by molar-refractivity contribution is 1.36. The molecule has 0 amide bonds. The maximum Gasteiger partial charge on any atom is 0.0852 e. The van der Waals surface area contributed by atoms with Gasteiger partial charge in [-0.25, -0.2) is 4.98 Å². The molecule has 0 spiro atoms. The van der Waals surface area contributed by atoms with Gasteiger partial charge in [-0.2, -0.15) is 0 Å². The number of aromatic nitrogens is 1. The van der Waals surface area contributed by atoms with E-state index in [9.17, 15) is 0 Å². The van der Waals surface area contributed by atoms with Crippen LogP contribution >= 0.6 is 43.6 Å². The van der Waals surface area contributed by atoms with Crippen LogP contribution in [0.25, 0.3) is 22.2 Å². The maximum absolute atomic E-state index is 4.83. The second kappa shape index (κ2) is 7.32. The number of pyridine rings is 1.